The van der Waals surface area contributed by atoms with Crippen molar-refractivity contribution in [2.45, 2.75) is 28.3 Å². The van der Waals surface area contributed by atoms with Crippen LogP contribution < -0.4 is 11.4 Å². The van der Waals surface area contributed by atoms with Gasteiger partial charge < -0.3 is 20.7 Å². The van der Waals surface area contributed by atoms with E-state index in [0.717, 1.165) is 11.7 Å². The van der Waals surface area contributed by atoms with Crippen LogP contribution in [-0.2, 0) is 22.9 Å². The van der Waals surface area contributed by atoms with Crippen LogP contribution in [-0.4, -0.2) is 62.2 Å². The summed E-state index contributed by atoms with van der Waals surface area (Å²) < 4.78 is 31.3. The zero-order valence-corrected chi connectivity index (χ0v) is 16.9. The number of phosphoric ester groups is 1. The monoisotopic (exact) mass is 467 g/mol. The number of hydrogen-bond donors (Lipinski definition) is 3. The summed E-state index contributed by atoms with van der Waals surface area (Å²) in [5, 5.41) is 20.3. The maximum absolute atomic E-state index is 12.3. The van der Waals surface area contributed by atoms with Gasteiger partial charge in [0.15, 0.2) is 6.23 Å². The van der Waals surface area contributed by atoms with Crippen molar-refractivity contribution < 1.29 is 33.1 Å². The van der Waals surface area contributed by atoms with Gasteiger partial charge in [0.05, 0.1) is 6.61 Å². The van der Waals surface area contributed by atoms with Gasteiger partial charge in [-0.1, -0.05) is 34.8 Å². The van der Waals surface area contributed by atoms with Gasteiger partial charge in [-0.25, -0.2) is 9.36 Å². The minimum absolute atomic E-state index is 0.0173. The van der Waals surface area contributed by atoms with Crippen molar-refractivity contribution in [2.75, 3.05) is 26.1 Å². The van der Waals surface area contributed by atoms with E-state index in [1.807, 2.05) is 0 Å². The summed E-state index contributed by atoms with van der Waals surface area (Å²) in [7, 11) is -3.08. The van der Waals surface area contributed by atoms with Crippen LogP contribution in [0.5, 0.6) is 0 Å². The molecule has 5 atom stereocenters. The van der Waals surface area contributed by atoms with Crippen LogP contribution in [0.3, 0.4) is 0 Å². The van der Waals surface area contributed by atoms with Crippen molar-refractivity contribution in [3.63, 3.8) is 0 Å². The number of alkyl halides is 3. The fourth-order valence-electron chi connectivity index (χ4n) is 2.18. The minimum atomic E-state index is -4.13. The number of phosphoric acid groups is 1. The molecule has 0 saturated carbocycles. The molecule has 2 heterocycles. The normalized spacial score (nSPS) is 28.2. The number of ether oxygens (including phenoxy) is 1. The third kappa shape index (κ3) is 6.01. The quantitative estimate of drug-likeness (QED) is 0.382. The molecule has 1 aromatic heterocycles. The number of nitrogens with zero attached hydrogens (tertiary/aromatic N) is 2. The number of aromatic nitrogens is 2. The van der Waals surface area contributed by atoms with Crippen molar-refractivity contribution in [1.29, 1.82) is 0 Å². The largest absolute Gasteiger partial charge is 0.474 e. The highest BCUT2D eigenvalue weighted by Crippen LogP contribution is 2.50. The summed E-state index contributed by atoms with van der Waals surface area (Å²) in [6, 6.07) is 1.32. The molecule has 4 N–H and O–H groups in total. The van der Waals surface area contributed by atoms with E-state index in [1.54, 1.807) is 0 Å². The van der Waals surface area contributed by atoms with Crippen molar-refractivity contribution in [3.8, 4) is 0 Å². The second-order valence-electron chi connectivity index (χ2n) is 5.40. The Balaban J connectivity index is 2.05. The summed E-state index contributed by atoms with van der Waals surface area (Å²) in [5.41, 5.74) is 4.61. The van der Waals surface area contributed by atoms with Gasteiger partial charge in [-0.2, -0.15) is 4.98 Å². The van der Waals surface area contributed by atoms with Crippen molar-refractivity contribution in [3.05, 3.63) is 22.7 Å². The highest BCUT2D eigenvalue weighted by molar-refractivity contribution is 7.48. The molecule has 0 bridgehead atoms. The number of hydrogen-bond acceptors (Lipinski definition) is 10. The lowest BCUT2D eigenvalue weighted by Crippen LogP contribution is -2.36. The van der Waals surface area contributed by atoms with E-state index in [2.05, 4.69) is 9.51 Å². The van der Waals surface area contributed by atoms with Gasteiger partial charge in [0, 0.05) is 13.3 Å². The van der Waals surface area contributed by atoms with Crippen LogP contribution in [0.25, 0.3) is 0 Å². The maximum atomic E-state index is 12.3. The summed E-state index contributed by atoms with van der Waals surface area (Å²) in [5.74, 6) is -0.0173. The summed E-state index contributed by atoms with van der Waals surface area (Å²) >= 11 is 16.5. The molecule has 0 aliphatic carbocycles. The Morgan fingerprint density at radius 1 is 1.37 bits per heavy atom. The Labute approximate surface area is 168 Å². The first-order valence-corrected chi connectivity index (χ1v) is 9.93. The van der Waals surface area contributed by atoms with Gasteiger partial charge in [-0.15, -0.1) is 0 Å². The Bertz CT molecular complexity index is 760. The van der Waals surface area contributed by atoms with E-state index in [1.165, 1.54) is 12.3 Å². The number of rotatable bonds is 7. The highest BCUT2D eigenvalue weighted by atomic mass is 35.6. The smallest absolute Gasteiger partial charge is 0.387 e. The molecule has 1 fully saturated rings. The van der Waals surface area contributed by atoms with Crippen LogP contribution in [0.4, 0.5) is 5.82 Å². The molecule has 0 amide bonds. The first-order valence-electron chi connectivity index (χ1n) is 7.33. The van der Waals surface area contributed by atoms with Crippen molar-refractivity contribution in [2.24, 2.45) is 0 Å². The van der Waals surface area contributed by atoms with E-state index in [9.17, 15) is 19.6 Å². The fraction of sp³-hybridized carbons (Fsp3) is 0.667. The first kappa shape index (κ1) is 22.8. The zero-order chi connectivity index (χ0) is 20.4. The standard InChI is InChI=1S/C12H17Cl3N3O8P/c1-23-27(22,25-5-12(13,14)15)24-4-6-8(19)9(20)10(26-6)18-3-2-7(16)17-11(18)21/h2-3,6,8-10,19-20H,4-5H2,1H3,(H2,16,17,21)/t6-,8-,9+,10?,27?/m1/s1. The van der Waals surface area contributed by atoms with Gasteiger partial charge in [-0.3, -0.25) is 18.1 Å². The molecule has 0 aromatic carbocycles. The third-order valence-electron chi connectivity index (χ3n) is 3.47. The minimum Gasteiger partial charge on any atom is -0.387 e. The van der Waals surface area contributed by atoms with Crippen molar-refractivity contribution >= 4 is 48.4 Å². The molecule has 27 heavy (non-hydrogen) atoms. The SMILES string of the molecule is COP(=O)(OC[C@H]1OC(n2ccc(N)nc2=O)[C@@H](O)[C@@H]1O)OCC(Cl)(Cl)Cl. The molecular weight excluding hydrogens is 451 g/mol. The van der Waals surface area contributed by atoms with Gasteiger partial charge >= 0.3 is 13.5 Å². The molecule has 0 spiro atoms. The Kier molecular flexibility index (Phi) is 7.54. The van der Waals surface area contributed by atoms with Gasteiger partial charge in [0.25, 0.3) is 0 Å². The summed E-state index contributed by atoms with van der Waals surface area (Å²) in [6.45, 7) is -1.11. The Hall–Kier alpha value is -0.460. The molecule has 0 radical (unpaired) electrons. The Morgan fingerprint density at radius 2 is 2.04 bits per heavy atom. The number of nitrogens with two attached hydrogens (primary N) is 1. The lowest BCUT2D eigenvalue weighted by atomic mass is 10.1. The van der Waals surface area contributed by atoms with Crippen molar-refractivity contribution in [1.82, 2.24) is 9.55 Å². The highest BCUT2D eigenvalue weighted by Gasteiger charge is 2.45. The van der Waals surface area contributed by atoms with E-state index >= 15 is 0 Å². The molecular formula is C12H17Cl3N3O8P. The molecule has 1 aliphatic heterocycles. The number of anilines is 1. The van der Waals surface area contributed by atoms with E-state index < -0.39 is 55.1 Å². The maximum Gasteiger partial charge on any atom is 0.474 e. The molecule has 2 unspecified atom stereocenters. The number of nitrogen functional groups attached to an aromatic ring is 1. The summed E-state index contributed by atoms with van der Waals surface area (Å²) in [4.78, 5) is 15.4. The lowest BCUT2D eigenvalue weighted by Gasteiger charge is -2.21. The third-order valence-corrected chi connectivity index (χ3v) is 5.15. The second-order valence-corrected chi connectivity index (χ2v) is 9.69. The number of aliphatic hydroxyl groups excluding tert-OH is 2. The zero-order valence-electron chi connectivity index (χ0n) is 13.8. The van der Waals surface area contributed by atoms with Crippen LogP contribution in [0.1, 0.15) is 6.23 Å². The lowest BCUT2D eigenvalue weighted by molar-refractivity contribution is -0.0556. The predicted molar refractivity (Wildman–Crippen MR) is 95.6 cm³/mol. The van der Waals surface area contributed by atoms with Gasteiger partial charge in [0.2, 0.25) is 3.79 Å². The van der Waals surface area contributed by atoms with E-state index in [-0.39, 0.29) is 5.82 Å². The fourth-order valence-corrected chi connectivity index (χ4v) is 3.53. The average molecular weight is 469 g/mol. The molecule has 2 rings (SSSR count). The topological polar surface area (TPSA) is 155 Å². The summed E-state index contributed by atoms with van der Waals surface area (Å²) in [6.07, 6.45) is -4.16. The first-order chi connectivity index (χ1) is 12.5. The molecule has 154 valence electrons. The molecule has 1 aliphatic rings. The second kappa shape index (κ2) is 8.91. The van der Waals surface area contributed by atoms with Crippen LogP contribution in [0, 0.1) is 0 Å². The van der Waals surface area contributed by atoms with Gasteiger partial charge in [-0.05, 0) is 6.07 Å². The van der Waals surface area contributed by atoms with E-state index in [4.69, 9.17) is 54.3 Å². The van der Waals surface area contributed by atoms with Gasteiger partial charge in [0.1, 0.15) is 30.7 Å². The molecule has 1 saturated heterocycles. The number of aliphatic hydroxyl groups is 2. The van der Waals surface area contributed by atoms with E-state index in [0.29, 0.717) is 0 Å². The molecule has 11 nitrogen and oxygen atoms in total. The van der Waals surface area contributed by atoms with Crippen LogP contribution in [0.15, 0.2) is 17.1 Å². The predicted octanol–water partition coefficient (Wildman–Crippen LogP) is 0.603. The van der Waals surface area contributed by atoms with Crippen LogP contribution >= 0.6 is 42.6 Å². The molecule has 1 aromatic rings. The van der Waals surface area contributed by atoms with Crippen LogP contribution in [0.2, 0.25) is 0 Å². The average Bonchev–Trinajstić information content (AvgIpc) is 2.86. The Morgan fingerprint density at radius 3 is 2.59 bits per heavy atom. The number of halogens is 3. The molecule has 15 heteroatoms.